The second-order valence-corrected chi connectivity index (χ2v) is 42.4. The third-order valence-electron chi connectivity index (χ3n) is 16.0. The number of rotatable bonds is 9. The first-order valence-corrected chi connectivity index (χ1v) is 37.0. The van der Waals surface area contributed by atoms with E-state index in [1.807, 2.05) is 0 Å². The molecule has 0 N–H and O–H groups in total. The molecule has 0 fully saturated rings. The first-order valence-electron chi connectivity index (χ1n) is 25.2. The number of hydrogen-bond donors (Lipinski definition) is 0. The number of halogens is 2. The molecule has 0 saturated heterocycles. The third-order valence-corrected chi connectivity index (χ3v) is 38.5. The number of allylic oxidation sites excluding steroid dienone is 2. The van der Waals surface area contributed by atoms with Crippen LogP contribution in [-0.2, 0) is 16.4 Å². The molecule has 2 aliphatic carbocycles. The summed E-state index contributed by atoms with van der Waals surface area (Å²) in [6.07, 6.45) is 4.99. The van der Waals surface area contributed by atoms with Gasteiger partial charge in [0.15, 0.2) is 0 Å². The van der Waals surface area contributed by atoms with Gasteiger partial charge in [0.1, 0.15) is 0 Å². The average molecular weight is 1060 g/mol. The quantitative estimate of drug-likeness (QED) is 0.126. The Morgan fingerprint density at radius 2 is 0.736 bits per heavy atom. The first kappa shape index (κ1) is 45.2. The van der Waals surface area contributed by atoms with Crippen molar-refractivity contribution in [3.8, 4) is 55.6 Å². The summed E-state index contributed by atoms with van der Waals surface area (Å²) in [5.41, 5.74) is 24.2. The van der Waals surface area contributed by atoms with Crippen molar-refractivity contribution in [2.75, 3.05) is 0 Å². The number of hydrogen-bond acceptors (Lipinski definition) is 0. The monoisotopic (exact) mass is 1060 g/mol. The Bertz CT molecular complexity index is 3640. The molecule has 10 aromatic rings. The van der Waals surface area contributed by atoms with Gasteiger partial charge in [0.25, 0.3) is 0 Å². The molecular formula is C68H51Cl2SiZr. The van der Waals surface area contributed by atoms with Gasteiger partial charge in [-0.3, -0.25) is 0 Å². The predicted octanol–water partition coefficient (Wildman–Crippen LogP) is 16.3. The molecule has 0 bridgehead atoms. The maximum absolute atomic E-state index is 9.79. The van der Waals surface area contributed by atoms with Gasteiger partial charge in [-0.2, -0.15) is 0 Å². The van der Waals surface area contributed by atoms with Crippen LogP contribution in [0.15, 0.2) is 237 Å². The molecule has 345 valence electrons. The van der Waals surface area contributed by atoms with E-state index < -0.39 is 25.9 Å². The van der Waals surface area contributed by atoms with Crippen LogP contribution in [0.1, 0.15) is 51.8 Å². The summed E-state index contributed by atoms with van der Waals surface area (Å²) in [5, 5.41) is 2.85. The second kappa shape index (κ2) is 17.8. The van der Waals surface area contributed by atoms with E-state index in [1.165, 1.54) is 114 Å². The molecule has 0 spiro atoms. The van der Waals surface area contributed by atoms with E-state index in [4.69, 9.17) is 0 Å². The van der Waals surface area contributed by atoms with Gasteiger partial charge in [0, 0.05) is 0 Å². The van der Waals surface area contributed by atoms with Crippen molar-refractivity contribution >= 4 is 63.5 Å². The van der Waals surface area contributed by atoms with Gasteiger partial charge in [-0.1, -0.05) is 0 Å². The summed E-state index contributed by atoms with van der Waals surface area (Å²) >= 11 is -6.15. The average Bonchev–Trinajstić information content (AvgIpc) is 4.15. The fourth-order valence-electron chi connectivity index (χ4n) is 12.9. The van der Waals surface area contributed by atoms with Crippen LogP contribution in [-0.4, -0.2) is 9.52 Å². The van der Waals surface area contributed by atoms with Crippen molar-refractivity contribution in [1.29, 1.82) is 0 Å². The molecule has 13 rings (SSSR count). The summed E-state index contributed by atoms with van der Waals surface area (Å²) in [4.78, 5) is 0. The molecule has 4 heteroatoms. The van der Waals surface area contributed by atoms with E-state index in [0.29, 0.717) is 0 Å². The summed E-state index contributed by atoms with van der Waals surface area (Å²) in [5.74, 6) is 0. The fourth-order valence-corrected chi connectivity index (χ4v) is 39.9. The summed E-state index contributed by atoms with van der Waals surface area (Å²) in [6.45, 7) is 4.48. The maximum atomic E-state index is 9.79. The molecule has 0 radical (unpaired) electrons. The SMILES string of the molecule is Cc1ccccc1-c1c(-c2ccccc2)ccc2c1C=C(c1ccccc1)[CH]2[Zr]([Cl])([Cl])([c]1cccc2c1[SiH2]c1ccccc1-2)[CH]1C(c2ccccc2)=Cc2c1ccc(-c1ccccc1)c2-c1ccccc1C. The standard InChI is InChI=1S/2C28H21.C12H9Si.2ClH.Zr/c2*1-20-10-8-9-15-25(20)28-26(22-13-6-3-7-14-22)17-16-23-18-24(19-27(23)28)21-11-4-2-5-12-21;1-3-7-11-9(5-1)10-6-2-4-8-12(10)13-11;;;/h2*2-19H,1H3;1-7H,13H2;2*1H;/q;;;;;+2/p-2. The van der Waals surface area contributed by atoms with Crippen molar-refractivity contribution in [3.63, 3.8) is 0 Å². The fraction of sp³-hybridized carbons (Fsp3) is 0.0588. The molecule has 2 unspecified atom stereocenters. The Kier molecular flexibility index (Phi) is 11.2. The van der Waals surface area contributed by atoms with Gasteiger partial charge < -0.3 is 0 Å². The van der Waals surface area contributed by atoms with E-state index in [9.17, 15) is 17.0 Å². The Hall–Kier alpha value is -6.64. The van der Waals surface area contributed by atoms with Crippen LogP contribution in [0.4, 0.5) is 0 Å². The first-order chi connectivity index (χ1) is 35.3. The minimum absolute atomic E-state index is 0.345. The zero-order valence-corrected chi connectivity index (χ0v) is 45.7. The normalized spacial score (nSPS) is 16.2. The van der Waals surface area contributed by atoms with Crippen molar-refractivity contribution in [2.45, 2.75) is 21.1 Å². The number of benzene rings is 10. The second-order valence-electron chi connectivity index (χ2n) is 20.0. The van der Waals surface area contributed by atoms with Crippen LogP contribution in [0.5, 0.6) is 0 Å². The molecular weight excluding hydrogens is 1010 g/mol. The van der Waals surface area contributed by atoms with E-state index in [2.05, 4.69) is 263 Å². The van der Waals surface area contributed by atoms with Crippen LogP contribution >= 0.6 is 17.0 Å². The van der Waals surface area contributed by atoms with E-state index in [1.54, 1.807) is 0 Å². The van der Waals surface area contributed by atoms with Crippen molar-refractivity contribution in [3.05, 3.63) is 281 Å². The molecule has 0 nitrogen and oxygen atoms in total. The van der Waals surface area contributed by atoms with Gasteiger partial charge in [0.05, 0.1) is 0 Å². The molecule has 0 amide bonds. The van der Waals surface area contributed by atoms with Gasteiger partial charge in [-0.05, 0) is 0 Å². The van der Waals surface area contributed by atoms with Crippen LogP contribution in [0.3, 0.4) is 0 Å². The van der Waals surface area contributed by atoms with Crippen LogP contribution in [0.25, 0.3) is 78.9 Å². The molecule has 3 aliphatic rings. The number of fused-ring (bicyclic) bond motifs is 5. The summed E-state index contributed by atoms with van der Waals surface area (Å²) in [6, 6.07) is 87.1. The molecule has 10 aromatic carbocycles. The van der Waals surface area contributed by atoms with Crippen LogP contribution < -0.4 is 13.6 Å². The van der Waals surface area contributed by atoms with Gasteiger partial charge >= 0.3 is 438 Å². The van der Waals surface area contributed by atoms with E-state index >= 15 is 0 Å². The Balaban J connectivity index is 1.19. The molecule has 72 heavy (non-hydrogen) atoms. The van der Waals surface area contributed by atoms with Crippen LogP contribution in [0.2, 0.25) is 0 Å². The Morgan fingerprint density at radius 3 is 1.19 bits per heavy atom. The Labute approximate surface area is 434 Å². The van der Waals surface area contributed by atoms with Crippen LogP contribution in [0, 0.1) is 13.8 Å². The third kappa shape index (κ3) is 7.09. The summed E-state index contributed by atoms with van der Waals surface area (Å²) in [7, 11) is 18.6. The van der Waals surface area contributed by atoms with E-state index in [-0.39, 0.29) is 7.25 Å². The van der Waals surface area contributed by atoms with Gasteiger partial charge in [-0.15, -0.1) is 0 Å². The molecule has 2 atom stereocenters. The van der Waals surface area contributed by atoms with Crippen molar-refractivity contribution in [2.24, 2.45) is 0 Å². The zero-order valence-electron chi connectivity index (χ0n) is 40.3. The number of aryl methyl sites for hydroxylation is 2. The van der Waals surface area contributed by atoms with Crippen molar-refractivity contribution < 1.29 is 16.4 Å². The molecule has 0 aromatic heterocycles. The molecule has 1 heterocycles. The summed E-state index contributed by atoms with van der Waals surface area (Å²) < 4.78 is 0.513. The van der Waals surface area contributed by atoms with Gasteiger partial charge in [-0.25, -0.2) is 0 Å². The zero-order chi connectivity index (χ0) is 48.6. The predicted molar refractivity (Wildman–Crippen MR) is 309 cm³/mol. The topological polar surface area (TPSA) is 0 Å². The van der Waals surface area contributed by atoms with E-state index in [0.717, 1.165) is 11.1 Å². The minimum atomic E-state index is -6.15. The molecule has 1 aliphatic heterocycles. The molecule has 0 saturated carbocycles. The van der Waals surface area contributed by atoms with Crippen molar-refractivity contribution in [1.82, 2.24) is 0 Å². The van der Waals surface area contributed by atoms with Gasteiger partial charge in [0.2, 0.25) is 0 Å². The Morgan fingerprint density at radius 1 is 0.347 bits per heavy atom.